The SMILES string of the molecule is COc1cc(NCc2cccc(Cn3ccnc3C)c2)c([N+](=O)[O-])cc1F. The van der Waals surface area contributed by atoms with Crippen LogP contribution in [0.5, 0.6) is 5.75 Å². The first kappa shape index (κ1) is 18.4. The molecule has 1 N–H and O–H groups in total. The third-order valence-corrected chi connectivity index (χ3v) is 4.22. The Hall–Kier alpha value is -3.42. The fourth-order valence-electron chi connectivity index (χ4n) is 2.79. The van der Waals surface area contributed by atoms with Gasteiger partial charge in [0.05, 0.1) is 18.1 Å². The summed E-state index contributed by atoms with van der Waals surface area (Å²) in [4.78, 5) is 14.8. The van der Waals surface area contributed by atoms with Crippen LogP contribution in [0, 0.1) is 22.9 Å². The van der Waals surface area contributed by atoms with Gasteiger partial charge in [-0.2, -0.15) is 0 Å². The highest BCUT2D eigenvalue weighted by Gasteiger charge is 2.18. The van der Waals surface area contributed by atoms with Crippen LogP contribution >= 0.6 is 0 Å². The lowest BCUT2D eigenvalue weighted by Crippen LogP contribution is -2.05. The van der Waals surface area contributed by atoms with Crippen molar-refractivity contribution in [2.75, 3.05) is 12.4 Å². The zero-order chi connectivity index (χ0) is 19.4. The zero-order valence-corrected chi connectivity index (χ0v) is 15.0. The fraction of sp³-hybridized carbons (Fsp3) is 0.211. The smallest absolute Gasteiger partial charge is 0.295 e. The van der Waals surface area contributed by atoms with Gasteiger partial charge in [0, 0.05) is 31.5 Å². The molecular formula is C19H19FN4O3. The Bertz CT molecular complexity index is 971. The van der Waals surface area contributed by atoms with Gasteiger partial charge in [0.1, 0.15) is 11.5 Å². The number of hydrogen-bond donors (Lipinski definition) is 1. The first-order chi connectivity index (χ1) is 13.0. The maximum Gasteiger partial charge on any atom is 0.295 e. The summed E-state index contributed by atoms with van der Waals surface area (Å²) in [6, 6.07) is 10.0. The molecule has 2 aromatic carbocycles. The molecule has 1 aromatic heterocycles. The Morgan fingerprint density at radius 2 is 2.07 bits per heavy atom. The number of hydrogen-bond acceptors (Lipinski definition) is 5. The van der Waals surface area contributed by atoms with Crippen molar-refractivity contribution in [2.24, 2.45) is 0 Å². The van der Waals surface area contributed by atoms with E-state index >= 15 is 0 Å². The predicted octanol–water partition coefficient (Wildman–Crippen LogP) is 3.91. The lowest BCUT2D eigenvalue weighted by molar-refractivity contribution is -0.384. The maximum absolute atomic E-state index is 13.8. The van der Waals surface area contributed by atoms with Crippen molar-refractivity contribution in [2.45, 2.75) is 20.0 Å². The summed E-state index contributed by atoms with van der Waals surface area (Å²) in [5.74, 6) is 0.104. The number of methoxy groups -OCH3 is 1. The average Bonchev–Trinajstić information content (AvgIpc) is 3.05. The first-order valence-corrected chi connectivity index (χ1v) is 8.29. The van der Waals surface area contributed by atoms with Crippen LogP contribution in [-0.2, 0) is 13.1 Å². The monoisotopic (exact) mass is 370 g/mol. The van der Waals surface area contributed by atoms with Crippen molar-refractivity contribution in [3.8, 4) is 5.75 Å². The van der Waals surface area contributed by atoms with Crippen molar-refractivity contribution in [1.29, 1.82) is 0 Å². The van der Waals surface area contributed by atoms with Gasteiger partial charge in [-0.05, 0) is 18.1 Å². The molecule has 0 unspecified atom stereocenters. The Balaban J connectivity index is 1.78. The summed E-state index contributed by atoms with van der Waals surface area (Å²) in [6.45, 7) is 2.98. The van der Waals surface area contributed by atoms with Crippen LogP contribution in [0.15, 0.2) is 48.8 Å². The summed E-state index contributed by atoms with van der Waals surface area (Å²) in [5, 5.41) is 14.2. The van der Waals surface area contributed by atoms with Gasteiger partial charge < -0.3 is 14.6 Å². The highest BCUT2D eigenvalue weighted by Crippen LogP contribution is 2.32. The number of rotatable bonds is 7. The van der Waals surface area contributed by atoms with E-state index in [1.165, 1.54) is 13.2 Å². The molecule has 27 heavy (non-hydrogen) atoms. The van der Waals surface area contributed by atoms with Crippen molar-refractivity contribution in [3.63, 3.8) is 0 Å². The van der Waals surface area contributed by atoms with Crippen LogP contribution in [0.2, 0.25) is 0 Å². The molecule has 3 rings (SSSR count). The summed E-state index contributed by atoms with van der Waals surface area (Å²) in [7, 11) is 1.32. The Kier molecular flexibility index (Phi) is 5.35. The minimum Gasteiger partial charge on any atom is -0.494 e. The third-order valence-electron chi connectivity index (χ3n) is 4.22. The van der Waals surface area contributed by atoms with Gasteiger partial charge in [-0.15, -0.1) is 0 Å². The van der Waals surface area contributed by atoms with Crippen LogP contribution in [0.4, 0.5) is 15.8 Å². The largest absolute Gasteiger partial charge is 0.494 e. The van der Waals surface area contributed by atoms with E-state index in [0.717, 1.165) is 23.0 Å². The van der Waals surface area contributed by atoms with Crippen molar-refractivity contribution in [1.82, 2.24) is 9.55 Å². The number of nitrogens with one attached hydrogen (secondary N) is 1. The number of imidazole rings is 1. The van der Waals surface area contributed by atoms with Crippen LogP contribution < -0.4 is 10.1 Å². The highest BCUT2D eigenvalue weighted by molar-refractivity contribution is 5.64. The second-order valence-electron chi connectivity index (χ2n) is 6.04. The van der Waals surface area contributed by atoms with E-state index in [1.54, 1.807) is 6.20 Å². The molecule has 0 amide bonds. The molecule has 0 aliphatic rings. The lowest BCUT2D eigenvalue weighted by Gasteiger charge is -2.11. The van der Waals surface area contributed by atoms with Crippen LogP contribution in [-0.4, -0.2) is 21.6 Å². The summed E-state index contributed by atoms with van der Waals surface area (Å²) >= 11 is 0. The van der Waals surface area contributed by atoms with Crippen molar-refractivity contribution in [3.05, 3.63) is 81.7 Å². The second kappa shape index (κ2) is 7.86. The Morgan fingerprint density at radius 1 is 1.30 bits per heavy atom. The van der Waals surface area contributed by atoms with Gasteiger partial charge in [0.25, 0.3) is 5.69 Å². The van der Waals surface area contributed by atoms with Gasteiger partial charge in [-0.1, -0.05) is 24.3 Å². The summed E-state index contributed by atoms with van der Waals surface area (Å²) in [6.07, 6.45) is 3.66. The Morgan fingerprint density at radius 3 is 2.74 bits per heavy atom. The molecule has 0 saturated carbocycles. The Labute approximate surface area is 155 Å². The van der Waals surface area contributed by atoms with E-state index in [9.17, 15) is 14.5 Å². The predicted molar refractivity (Wildman–Crippen MR) is 99.4 cm³/mol. The molecule has 0 aliphatic carbocycles. The minimum absolute atomic E-state index is 0.0487. The summed E-state index contributed by atoms with van der Waals surface area (Å²) < 4.78 is 20.7. The number of nitro benzene ring substituents is 1. The van der Waals surface area contributed by atoms with Gasteiger partial charge in [-0.25, -0.2) is 9.37 Å². The third kappa shape index (κ3) is 4.22. The number of nitrogens with zero attached hydrogens (tertiary/aromatic N) is 3. The minimum atomic E-state index is -0.771. The zero-order valence-electron chi connectivity index (χ0n) is 15.0. The number of aryl methyl sites for hydroxylation is 1. The summed E-state index contributed by atoms with van der Waals surface area (Å²) in [5.41, 5.74) is 1.90. The molecule has 140 valence electrons. The number of ether oxygens (including phenoxy) is 1. The first-order valence-electron chi connectivity index (χ1n) is 8.29. The van der Waals surface area contributed by atoms with Gasteiger partial charge >= 0.3 is 0 Å². The van der Waals surface area contributed by atoms with E-state index < -0.39 is 10.7 Å². The highest BCUT2D eigenvalue weighted by atomic mass is 19.1. The topological polar surface area (TPSA) is 82.2 Å². The molecule has 1 heterocycles. The lowest BCUT2D eigenvalue weighted by atomic mass is 10.1. The fourth-order valence-corrected chi connectivity index (χ4v) is 2.79. The van der Waals surface area contributed by atoms with E-state index in [0.29, 0.717) is 13.1 Å². The normalized spacial score (nSPS) is 10.6. The number of halogens is 1. The number of nitro groups is 1. The molecule has 0 fully saturated rings. The molecule has 0 radical (unpaired) electrons. The van der Waals surface area contributed by atoms with Crippen LogP contribution in [0.1, 0.15) is 17.0 Å². The standard InChI is InChI=1S/C19H19FN4O3/c1-13-21-6-7-23(13)12-15-5-3-4-14(8-15)11-22-17-10-19(27-2)16(20)9-18(17)24(25)26/h3-10,22H,11-12H2,1-2H3. The molecule has 3 aromatic rings. The second-order valence-corrected chi connectivity index (χ2v) is 6.04. The molecule has 7 nitrogen and oxygen atoms in total. The van der Waals surface area contributed by atoms with Gasteiger partial charge in [0.15, 0.2) is 11.6 Å². The van der Waals surface area contributed by atoms with E-state index in [-0.39, 0.29) is 17.1 Å². The number of benzene rings is 2. The number of anilines is 1. The van der Waals surface area contributed by atoms with E-state index in [2.05, 4.69) is 10.3 Å². The van der Waals surface area contributed by atoms with Crippen molar-refractivity contribution >= 4 is 11.4 Å². The van der Waals surface area contributed by atoms with Crippen molar-refractivity contribution < 1.29 is 14.1 Å². The van der Waals surface area contributed by atoms with Gasteiger partial charge in [-0.3, -0.25) is 10.1 Å². The number of aromatic nitrogens is 2. The molecule has 0 saturated heterocycles. The van der Waals surface area contributed by atoms with Crippen LogP contribution in [0.25, 0.3) is 0 Å². The molecule has 0 atom stereocenters. The molecule has 0 spiro atoms. The average molecular weight is 370 g/mol. The molecule has 0 aliphatic heterocycles. The van der Waals surface area contributed by atoms with E-state index in [1.807, 2.05) is 42.0 Å². The molecule has 0 bridgehead atoms. The quantitative estimate of drug-likeness (QED) is 0.504. The van der Waals surface area contributed by atoms with Crippen LogP contribution in [0.3, 0.4) is 0 Å². The molecular weight excluding hydrogens is 351 g/mol. The van der Waals surface area contributed by atoms with Gasteiger partial charge in [0.2, 0.25) is 0 Å². The maximum atomic E-state index is 13.8. The molecule has 8 heteroatoms. The van der Waals surface area contributed by atoms with E-state index in [4.69, 9.17) is 4.74 Å².